The molecule has 0 aromatic carbocycles. The van der Waals surface area contributed by atoms with Gasteiger partial charge in [-0.05, 0) is 24.9 Å². The van der Waals surface area contributed by atoms with Gasteiger partial charge in [-0.25, -0.2) is 4.98 Å². The third-order valence-corrected chi connectivity index (χ3v) is 4.58. The molecule has 0 radical (unpaired) electrons. The fraction of sp³-hybridized carbons (Fsp3) is 0.375. The minimum absolute atomic E-state index is 0.105. The molecule has 2 aromatic heterocycles. The Balaban J connectivity index is 1.55. The van der Waals surface area contributed by atoms with E-state index in [2.05, 4.69) is 21.1 Å². The molecule has 0 aliphatic carbocycles. The summed E-state index contributed by atoms with van der Waals surface area (Å²) in [6, 6.07) is 2.11. The number of rotatable bonds is 2. The summed E-state index contributed by atoms with van der Waals surface area (Å²) < 4.78 is 1.85. The molecule has 2 aliphatic rings. The Morgan fingerprint density at radius 1 is 1.48 bits per heavy atom. The van der Waals surface area contributed by atoms with Crippen LogP contribution in [0.3, 0.4) is 0 Å². The van der Waals surface area contributed by atoms with E-state index >= 15 is 0 Å². The molecule has 2 aromatic rings. The summed E-state index contributed by atoms with van der Waals surface area (Å²) in [7, 11) is 0. The van der Waals surface area contributed by atoms with E-state index in [0.717, 1.165) is 24.2 Å². The fourth-order valence-corrected chi connectivity index (χ4v) is 3.43. The molecule has 4 heterocycles. The molecule has 2 fully saturated rings. The second kappa shape index (κ2) is 4.61. The van der Waals surface area contributed by atoms with Gasteiger partial charge in [-0.3, -0.25) is 4.79 Å². The van der Waals surface area contributed by atoms with Crippen LogP contribution in [0.2, 0.25) is 0 Å². The second-order valence-corrected chi connectivity index (χ2v) is 5.83. The third-order valence-electron chi connectivity index (χ3n) is 4.58. The van der Waals surface area contributed by atoms with Crippen molar-refractivity contribution in [3.63, 3.8) is 0 Å². The minimum Gasteiger partial charge on any atom is -0.346 e. The summed E-state index contributed by atoms with van der Waals surface area (Å²) in [5, 5.41) is 3.12. The molecule has 2 bridgehead atoms. The minimum atomic E-state index is -0.105. The predicted molar refractivity (Wildman–Crippen MR) is 78.9 cm³/mol. The maximum atomic E-state index is 12.4. The highest BCUT2D eigenvalue weighted by Gasteiger charge is 2.38. The third kappa shape index (κ3) is 1.99. The first-order valence-electron chi connectivity index (χ1n) is 7.21. The van der Waals surface area contributed by atoms with Gasteiger partial charge in [0.2, 0.25) is 0 Å². The SMILES string of the molecule is C#Cc1ccn2cc(C(=O)NC3CN4CC[C@H]3C4)ncc12. The summed E-state index contributed by atoms with van der Waals surface area (Å²) in [6.07, 6.45) is 11.9. The van der Waals surface area contributed by atoms with Gasteiger partial charge in [0.15, 0.2) is 0 Å². The number of carbonyl (C=O) groups is 1. The van der Waals surface area contributed by atoms with E-state index in [4.69, 9.17) is 6.42 Å². The van der Waals surface area contributed by atoms with Gasteiger partial charge in [-0.1, -0.05) is 5.92 Å². The van der Waals surface area contributed by atoms with Gasteiger partial charge < -0.3 is 14.6 Å². The standard InChI is InChI=1S/C16H16N4O/c1-2-11-4-6-20-10-14(17-7-15(11)20)16(21)18-13-9-19-5-3-12(13)8-19/h1,4,6-7,10,12-13H,3,5,8-9H2,(H,18,21)/t12-,13?/m0/s1. The van der Waals surface area contributed by atoms with Gasteiger partial charge in [-0.2, -0.15) is 0 Å². The first-order chi connectivity index (χ1) is 10.2. The molecule has 5 heteroatoms. The van der Waals surface area contributed by atoms with Crippen LogP contribution in [0.15, 0.2) is 24.7 Å². The Kier molecular flexibility index (Phi) is 2.72. The zero-order chi connectivity index (χ0) is 14.4. The van der Waals surface area contributed by atoms with Crippen LogP contribution in [0.1, 0.15) is 22.5 Å². The smallest absolute Gasteiger partial charge is 0.271 e. The number of nitrogens with one attached hydrogen (secondary N) is 1. The van der Waals surface area contributed by atoms with Crippen LogP contribution in [-0.4, -0.2) is 45.9 Å². The molecule has 1 N–H and O–H groups in total. The molecule has 3 atom stereocenters. The lowest BCUT2D eigenvalue weighted by Crippen LogP contribution is -2.43. The molecule has 21 heavy (non-hydrogen) atoms. The maximum Gasteiger partial charge on any atom is 0.271 e. The van der Waals surface area contributed by atoms with Crippen molar-refractivity contribution in [2.75, 3.05) is 19.6 Å². The Labute approximate surface area is 123 Å². The van der Waals surface area contributed by atoms with Crippen LogP contribution in [0.25, 0.3) is 5.52 Å². The molecule has 106 valence electrons. The summed E-state index contributed by atoms with van der Waals surface area (Å²) in [5.74, 6) is 3.10. The van der Waals surface area contributed by atoms with E-state index in [1.807, 2.05) is 16.7 Å². The lowest BCUT2D eigenvalue weighted by Gasteiger charge is -2.22. The predicted octanol–water partition coefficient (Wildman–Crippen LogP) is 0.749. The van der Waals surface area contributed by atoms with Crippen LogP contribution in [0.4, 0.5) is 0 Å². The van der Waals surface area contributed by atoms with Gasteiger partial charge >= 0.3 is 0 Å². The number of amides is 1. The monoisotopic (exact) mass is 280 g/mol. The van der Waals surface area contributed by atoms with E-state index < -0.39 is 0 Å². The molecule has 0 spiro atoms. The average Bonchev–Trinajstić information content (AvgIpc) is 3.21. The lowest BCUT2D eigenvalue weighted by atomic mass is 10.00. The quantitative estimate of drug-likeness (QED) is 0.826. The molecule has 1 amide bonds. The van der Waals surface area contributed by atoms with Gasteiger partial charge in [-0.15, -0.1) is 6.42 Å². The summed E-state index contributed by atoms with van der Waals surface area (Å²) in [5.41, 5.74) is 2.06. The first-order valence-corrected chi connectivity index (χ1v) is 7.21. The fourth-order valence-electron chi connectivity index (χ4n) is 3.43. The number of nitrogens with zero attached hydrogens (tertiary/aromatic N) is 3. The maximum absolute atomic E-state index is 12.4. The Morgan fingerprint density at radius 3 is 3.10 bits per heavy atom. The van der Waals surface area contributed by atoms with Crippen molar-refractivity contribution in [2.45, 2.75) is 12.5 Å². The Bertz CT molecular complexity index is 757. The van der Waals surface area contributed by atoms with Gasteiger partial charge in [0.05, 0.1) is 17.3 Å². The number of hydrogen-bond donors (Lipinski definition) is 1. The van der Waals surface area contributed by atoms with E-state index in [0.29, 0.717) is 11.6 Å². The van der Waals surface area contributed by atoms with Gasteiger partial charge in [0, 0.05) is 31.5 Å². The lowest BCUT2D eigenvalue weighted by molar-refractivity contribution is 0.0919. The topological polar surface area (TPSA) is 49.6 Å². The highest BCUT2D eigenvalue weighted by molar-refractivity contribution is 5.92. The van der Waals surface area contributed by atoms with Crippen molar-refractivity contribution in [3.05, 3.63) is 35.9 Å². The number of aromatic nitrogens is 2. The molecule has 4 rings (SSSR count). The molecule has 0 saturated carbocycles. The van der Waals surface area contributed by atoms with Gasteiger partial charge in [0.1, 0.15) is 5.69 Å². The number of carbonyl (C=O) groups excluding carboxylic acids is 1. The van der Waals surface area contributed by atoms with Crippen molar-refractivity contribution in [1.29, 1.82) is 0 Å². The number of terminal acetylenes is 1. The van der Waals surface area contributed by atoms with Crippen molar-refractivity contribution >= 4 is 11.4 Å². The highest BCUT2D eigenvalue weighted by Crippen LogP contribution is 2.27. The van der Waals surface area contributed by atoms with Crippen LogP contribution < -0.4 is 5.32 Å². The summed E-state index contributed by atoms with van der Waals surface area (Å²) >= 11 is 0. The molecule has 2 aliphatic heterocycles. The molecule has 5 nitrogen and oxygen atoms in total. The normalized spacial score (nSPS) is 26.9. The van der Waals surface area contributed by atoms with E-state index in [1.165, 1.54) is 13.0 Å². The summed E-state index contributed by atoms with van der Waals surface area (Å²) in [6.45, 7) is 3.24. The average molecular weight is 280 g/mol. The highest BCUT2D eigenvalue weighted by atomic mass is 16.2. The zero-order valence-corrected chi connectivity index (χ0v) is 11.6. The molecule has 2 saturated heterocycles. The molecular weight excluding hydrogens is 264 g/mol. The van der Waals surface area contributed by atoms with Gasteiger partial charge in [0.25, 0.3) is 5.91 Å². The van der Waals surface area contributed by atoms with E-state index in [9.17, 15) is 4.79 Å². The molecular formula is C16H16N4O. The summed E-state index contributed by atoms with van der Waals surface area (Å²) in [4.78, 5) is 19.0. The zero-order valence-electron chi connectivity index (χ0n) is 11.6. The van der Waals surface area contributed by atoms with Crippen LogP contribution in [-0.2, 0) is 0 Å². The first kappa shape index (κ1) is 12.4. The van der Waals surface area contributed by atoms with Crippen molar-refractivity contribution in [3.8, 4) is 12.3 Å². The van der Waals surface area contributed by atoms with Crippen LogP contribution in [0, 0.1) is 18.3 Å². The van der Waals surface area contributed by atoms with E-state index in [-0.39, 0.29) is 11.9 Å². The molecule has 2 unspecified atom stereocenters. The Morgan fingerprint density at radius 2 is 2.38 bits per heavy atom. The van der Waals surface area contributed by atoms with Crippen molar-refractivity contribution in [1.82, 2.24) is 19.6 Å². The number of fused-ring (bicyclic) bond motifs is 3. The second-order valence-electron chi connectivity index (χ2n) is 5.83. The number of hydrogen-bond acceptors (Lipinski definition) is 3. The van der Waals surface area contributed by atoms with E-state index in [1.54, 1.807) is 12.4 Å². The van der Waals surface area contributed by atoms with Crippen molar-refractivity contribution in [2.24, 2.45) is 5.92 Å². The number of piperidine rings is 1. The van der Waals surface area contributed by atoms with Crippen LogP contribution in [0.5, 0.6) is 0 Å². The van der Waals surface area contributed by atoms with Crippen LogP contribution >= 0.6 is 0 Å². The Hall–Kier alpha value is -2.32. The van der Waals surface area contributed by atoms with Crippen molar-refractivity contribution < 1.29 is 4.79 Å². The largest absolute Gasteiger partial charge is 0.346 e.